The zero-order chi connectivity index (χ0) is 12.3. The van der Waals surface area contributed by atoms with Gasteiger partial charge in [0, 0.05) is 16.7 Å². The predicted molar refractivity (Wildman–Crippen MR) is 78.1 cm³/mol. The van der Waals surface area contributed by atoms with E-state index in [1.54, 1.807) is 6.20 Å². The summed E-state index contributed by atoms with van der Waals surface area (Å²) in [5, 5.41) is 3.43. The highest BCUT2D eigenvalue weighted by atomic mass is 79.9. The molecule has 1 heterocycles. The first-order chi connectivity index (χ1) is 8.18. The summed E-state index contributed by atoms with van der Waals surface area (Å²) in [5.74, 6) is 0. The first-order valence-corrected chi connectivity index (χ1v) is 6.88. The van der Waals surface area contributed by atoms with Crippen LogP contribution in [0.2, 0.25) is 0 Å². The molecule has 2 aromatic rings. The van der Waals surface area contributed by atoms with Crippen LogP contribution in [-0.2, 0) is 0 Å². The van der Waals surface area contributed by atoms with Crippen LogP contribution < -0.4 is 5.32 Å². The number of hydrogen-bond acceptors (Lipinski definition) is 2. The van der Waals surface area contributed by atoms with E-state index in [4.69, 9.17) is 0 Å². The van der Waals surface area contributed by atoms with E-state index >= 15 is 0 Å². The first kappa shape index (κ1) is 12.6. The highest BCUT2D eigenvalue weighted by Gasteiger charge is 2.10. The average molecular weight is 356 g/mol. The second kappa shape index (κ2) is 5.65. The molecule has 2 nitrogen and oxygen atoms in total. The van der Waals surface area contributed by atoms with Crippen LogP contribution in [-0.4, -0.2) is 4.98 Å². The minimum atomic E-state index is 0.214. The second-order valence-electron chi connectivity index (χ2n) is 3.73. The van der Waals surface area contributed by atoms with Gasteiger partial charge in [-0.3, -0.25) is 0 Å². The molecule has 1 unspecified atom stereocenters. The lowest BCUT2D eigenvalue weighted by Gasteiger charge is -2.17. The normalized spacial score (nSPS) is 12.2. The number of anilines is 1. The number of pyridine rings is 1. The van der Waals surface area contributed by atoms with Crippen LogP contribution in [0.1, 0.15) is 18.5 Å². The van der Waals surface area contributed by atoms with Crippen LogP contribution >= 0.6 is 31.9 Å². The maximum absolute atomic E-state index is 4.19. The third-order valence-electron chi connectivity index (χ3n) is 2.50. The van der Waals surface area contributed by atoms with Gasteiger partial charge in [-0.15, -0.1) is 0 Å². The van der Waals surface area contributed by atoms with Crippen molar-refractivity contribution in [2.75, 3.05) is 5.32 Å². The number of aromatic nitrogens is 1. The summed E-state index contributed by atoms with van der Waals surface area (Å²) in [4.78, 5) is 4.19. The Labute approximate surface area is 118 Å². The van der Waals surface area contributed by atoms with Crippen molar-refractivity contribution >= 4 is 37.5 Å². The summed E-state index contributed by atoms with van der Waals surface area (Å²) >= 11 is 6.99. The lowest BCUT2D eigenvalue weighted by atomic mass is 10.1. The van der Waals surface area contributed by atoms with E-state index in [0.29, 0.717) is 0 Å². The molecule has 0 amide bonds. The van der Waals surface area contributed by atoms with Crippen LogP contribution in [0.5, 0.6) is 0 Å². The van der Waals surface area contributed by atoms with Crippen LogP contribution in [0.25, 0.3) is 0 Å². The number of hydrogen-bond donors (Lipinski definition) is 1. The number of halogens is 2. The molecule has 0 fully saturated rings. The van der Waals surface area contributed by atoms with E-state index in [0.717, 1.165) is 14.8 Å². The lowest BCUT2D eigenvalue weighted by Crippen LogP contribution is -2.07. The van der Waals surface area contributed by atoms with Gasteiger partial charge < -0.3 is 5.32 Å². The molecular formula is C13H12Br2N2. The number of nitrogens with zero attached hydrogens (tertiary/aromatic N) is 1. The topological polar surface area (TPSA) is 24.9 Å². The molecule has 1 N–H and O–H groups in total. The Kier molecular flexibility index (Phi) is 4.18. The molecule has 0 aliphatic carbocycles. The molecule has 1 aromatic heterocycles. The molecule has 0 spiro atoms. The maximum Gasteiger partial charge on any atom is 0.129 e. The number of nitrogens with one attached hydrogen (secondary N) is 1. The fourth-order valence-electron chi connectivity index (χ4n) is 1.63. The summed E-state index contributed by atoms with van der Waals surface area (Å²) in [6.07, 6.45) is 1.76. The van der Waals surface area contributed by atoms with Gasteiger partial charge in [-0.2, -0.15) is 0 Å². The van der Waals surface area contributed by atoms with Gasteiger partial charge in [-0.05, 0) is 46.6 Å². The molecule has 88 valence electrons. The van der Waals surface area contributed by atoms with Gasteiger partial charge in [0.1, 0.15) is 4.60 Å². The summed E-state index contributed by atoms with van der Waals surface area (Å²) in [5.41, 5.74) is 2.22. The van der Waals surface area contributed by atoms with E-state index in [-0.39, 0.29) is 6.04 Å². The van der Waals surface area contributed by atoms with Crippen molar-refractivity contribution < 1.29 is 0 Å². The van der Waals surface area contributed by atoms with Gasteiger partial charge in [0.2, 0.25) is 0 Å². The second-order valence-corrected chi connectivity index (χ2v) is 5.33. The molecule has 0 aliphatic rings. The average Bonchev–Trinajstić information content (AvgIpc) is 2.32. The maximum atomic E-state index is 4.19. The highest BCUT2D eigenvalue weighted by molar-refractivity contribution is 9.10. The largest absolute Gasteiger partial charge is 0.376 e. The molecule has 2 rings (SSSR count). The van der Waals surface area contributed by atoms with E-state index < -0.39 is 0 Å². The third-order valence-corrected chi connectivity index (χ3v) is 3.86. The lowest BCUT2D eigenvalue weighted by molar-refractivity contribution is 0.875. The molecule has 17 heavy (non-hydrogen) atoms. The summed E-state index contributed by atoms with van der Waals surface area (Å²) in [7, 11) is 0. The van der Waals surface area contributed by atoms with Crippen LogP contribution in [0.3, 0.4) is 0 Å². The Morgan fingerprint density at radius 1 is 1.12 bits per heavy atom. The van der Waals surface area contributed by atoms with Gasteiger partial charge in [0.05, 0.1) is 5.69 Å². The molecule has 1 aromatic carbocycles. The van der Waals surface area contributed by atoms with Crippen molar-refractivity contribution in [3.8, 4) is 0 Å². The quantitative estimate of drug-likeness (QED) is 0.801. The molecule has 0 saturated heterocycles. The van der Waals surface area contributed by atoms with Crippen LogP contribution in [0.4, 0.5) is 5.69 Å². The summed E-state index contributed by atoms with van der Waals surface area (Å²) in [6, 6.07) is 12.3. The van der Waals surface area contributed by atoms with Crippen molar-refractivity contribution in [3.05, 3.63) is 57.2 Å². The molecule has 0 saturated carbocycles. The predicted octanol–water partition coefficient (Wildman–Crippen LogP) is 4.78. The first-order valence-electron chi connectivity index (χ1n) is 5.30. The SMILES string of the molecule is CC(Nc1cccnc1Br)c1ccccc1Br. The van der Waals surface area contributed by atoms with E-state index in [9.17, 15) is 0 Å². The van der Waals surface area contributed by atoms with Crippen molar-refractivity contribution in [3.63, 3.8) is 0 Å². The van der Waals surface area contributed by atoms with Crippen LogP contribution in [0, 0.1) is 0 Å². The molecule has 4 heteroatoms. The fraction of sp³-hybridized carbons (Fsp3) is 0.154. The molecule has 1 atom stereocenters. The Balaban J connectivity index is 2.20. The summed E-state index contributed by atoms with van der Waals surface area (Å²) in [6.45, 7) is 2.12. The standard InChI is InChI=1S/C13H12Br2N2/c1-9(10-5-2-3-6-11(10)14)17-12-7-4-8-16-13(12)15/h2-9,17H,1H3. The smallest absolute Gasteiger partial charge is 0.129 e. The van der Waals surface area contributed by atoms with Crippen molar-refractivity contribution in [1.82, 2.24) is 4.98 Å². The Hall–Kier alpha value is -0.870. The van der Waals surface area contributed by atoms with E-state index in [1.807, 2.05) is 30.3 Å². The van der Waals surface area contributed by atoms with E-state index in [1.165, 1.54) is 5.56 Å². The minimum Gasteiger partial charge on any atom is -0.376 e. The summed E-state index contributed by atoms with van der Waals surface area (Å²) < 4.78 is 1.94. The van der Waals surface area contributed by atoms with Gasteiger partial charge >= 0.3 is 0 Å². The Bertz CT molecular complexity index is 514. The van der Waals surface area contributed by atoms with Crippen molar-refractivity contribution in [2.45, 2.75) is 13.0 Å². The molecule has 0 aliphatic heterocycles. The Morgan fingerprint density at radius 2 is 1.88 bits per heavy atom. The van der Waals surface area contributed by atoms with Crippen LogP contribution in [0.15, 0.2) is 51.7 Å². The van der Waals surface area contributed by atoms with Gasteiger partial charge in [0.15, 0.2) is 0 Å². The van der Waals surface area contributed by atoms with Gasteiger partial charge in [0.25, 0.3) is 0 Å². The number of rotatable bonds is 3. The zero-order valence-corrected chi connectivity index (χ0v) is 12.5. The zero-order valence-electron chi connectivity index (χ0n) is 9.32. The number of benzene rings is 1. The monoisotopic (exact) mass is 354 g/mol. The third kappa shape index (κ3) is 3.07. The van der Waals surface area contributed by atoms with Crippen molar-refractivity contribution in [1.29, 1.82) is 0 Å². The molecule has 0 bridgehead atoms. The fourth-order valence-corrected chi connectivity index (χ4v) is 2.62. The molecular weight excluding hydrogens is 344 g/mol. The highest BCUT2D eigenvalue weighted by Crippen LogP contribution is 2.28. The van der Waals surface area contributed by atoms with E-state index in [2.05, 4.69) is 55.2 Å². The van der Waals surface area contributed by atoms with Gasteiger partial charge in [-0.25, -0.2) is 4.98 Å². The molecule has 0 radical (unpaired) electrons. The minimum absolute atomic E-state index is 0.214. The van der Waals surface area contributed by atoms with Gasteiger partial charge in [-0.1, -0.05) is 34.1 Å². The van der Waals surface area contributed by atoms with Crippen molar-refractivity contribution in [2.24, 2.45) is 0 Å². The Morgan fingerprint density at radius 3 is 2.59 bits per heavy atom.